The minimum Gasteiger partial charge on any atom is -0.466 e. The van der Waals surface area contributed by atoms with Crippen LogP contribution in [0.5, 0.6) is 0 Å². The van der Waals surface area contributed by atoms with Gasteiger partial charge in [-0.25, -0.2) is 0 Å². The third kappa shape index (κ3) is 60.0. The summed E-state index contributed by atoms with van der Waals surface area (Å²) >= 11 is 0. The predicted octanol–water partition coefficient (Wildman–Crippen LogP) is 21.4. The monoisotopic (exact) mass is 1030 g/mol. The summed E-state index contributed by atoms with van der Waals surface area (Å²) in [5, 5.41) is 23.4. The Labute approximate surface area is 457 Å². The van der Waals surface area contributed by atoms with Crippen molar-refractivity contribution in [3.8, 4) is 0 Å². The number of rotatable bonds is 64. The molecule has 0 rings (SSSR count). The molecule has 0 aliphatic carbocycles. The normalized spacial score (nSPS) is 12.4. The Balaban J connectivity index is 3.36. The Morgan fingerprint density at radius 2 is 0.562 bits per heavy atom. The lowest BCUT2D eigenvalue weighted by atomic mass is 10.0. The van der Waals surface area contributed by atoms with Crippen LogP contribution in [0, 0.1) is 0 Å². The molecule has 0 aromatic heterocycles. The molecular weight excluding hydrogens is 899 g/mol. The minimum atomic E-state index is -0.664. The number of ether oxygens (including phenoxy) is 1. The van der Waals surface area contributed by atoms with Crippen molar-refractivity contribution in [2.24, 2.45) is 0 Å². The highest BCUT2D eigenvalue weighted by molar-refractivity contribution is 5.76. The number of amides is 1. The van der Waals surface area contributed by atoms with Gasteiger partial charge in [-0.05, 0) is 25.7 Å². The number of carbonyl (C=O) groups excluding carboxylic acids is 2. The molecular formula is C67H133NO5. The number of hydrogen-bond donors (Lipinski definition) is 3. The second-order valence-corrected chi connectivity index (χ2v) is 23.5. The summed E-state index contributed by atoms with van der Waals surface area (Å²) in [6, 6.07) is -0.541. The molecule has 0 aromatic carbocycles. The molecule has 0 heterocycles. The molecule has 73 heavy (non-hydrogen) atoms. The quantitative estimate of drug-likeness (QED) is 0.0417. The van der Waals surface area contributed by atoms with E-state index < -0.39 is 12.1 Å². The van der Waals surface area contributed by atoms with Crippen molar-refractivity contribution in [3.63, 3.8) is 0 Å². The van der Waals surface area contributed by atoms with Crippen LogP contribution >= 0.6 is 0 Å². The van der Waals surface area contributed by atoms with Crippen LogP contribution in [0.1, 0.15) is 393 Å². The molecule has 0 spiro atoms. The minimum absolute atomic E-state index is 0.0174. The van der Waals surface area contributed by atoms with Crippen LogP contribution in [0.25, 0.3) is 0 Å². The first-order valence-corrected chi connectivity index (χ1v) is 33.8. The van der Waals surface area contributed by atoms with Crippen LogP contribution in [0.2, 0.25) is 0 Å². The summed E-state index contributed by atoms with van der Waals surface area (Å²) in [5.74, 6) is -0.0139. The van der Waals surface area contributed by atoms with Gasteiger partial charge in [0.25, 0.3) is 0 Å². The second-order valence-electron chi connectivity index (χ2n) is 23.5. The Hall–Kier alpha value is -1.14. The number of aliphatic hydroxyl groups is 2. The number of carbonyl (C=O) groups is 2. The van der Waals surface area contributed by atoms with E-state index in [9.17, 15) is 19.8 Å². The fourth-order valence-corrected chi connectivity index (χ4v) is 11.0. The van der Waals surface area contributed by atoms with Crippen molar-refractivity contribution < 1.29 is 24.5 Å². The zero-order valence-electron chi connectivity index (χ0n) is 49.9. The van der Waals surface area contributed by atoms with E-state index in [1.807, 2.05) is 0 Å². The maximum Gasteiger partial charge on any atom is 0.305 e. The van der Waals surface area contributed by atoms with E-state index >= 15 is 0 Å². The van der Waals surface area contributed by atoms with E-state index in [4.69, 9.17) is 4.74 Å². The van der Waals surface area contributed by atoms with E-state index in [1.165, 1.54) is 321 Å². The molecule has 0 radical (unpaired) electrons. The first-order valence-electron chi connectivity index (χ1n) is 33.8. The molecule has 3 N–H and O–H groups in total. The molecule has 0 saturated heterocycles. The number of unbranched alkanes of at least 4 members (excludes halogenated alkanes) is 53. The van der Waals surface area contributed by atoms with Gasteiger partial charge < -0.3 is 20.3 Å². The highest BCUT2D eigenvalue weighted by atomic mass is 16.5. The Morgan fingerprint density at radius 3 is 0.836 bits per heavy atom. The van der Waals surface area contributed by atoms with E-state index in [0.29, 0.717) is 25.9 Å². The van der Waals surface area contributed by atoms with E-state index in [2.05, 4.69) is 19.2 Å². The Morgan fingerprint density at radius 1 is 0.329 bits per heavy atom. The zero-order valence-corrected chi connectivity index (χ0v) is 49.9. The van der Waals surface area contributed by atoms with Crippen LogP contribution in [-0.4, -0.2) is 47.4 Å². The zero-order chi connectivity index (χ0) is 52.9. The van der Waals surface area contributed by atoms with Crippen LogP contribution in [0.4, 0.5) is 0 Å². The second kappa shape index (κ2) is 63.4. The van der Waals surface area contributed by atoms with Gasteiger partial charge in [0.1, 0.15) is 0 Å². The SMILES string of the molecule is CCCCCCCCCCCCCCCCCCCCC(O)C(CO)NC(=O)CCCCCCCCCCCCCCCCCCCCCCCOC(=O)CCCCCCCCCCCCCCCCCCC. The van der Waals surface area contributed by atoms with Crippen molar-refractivity contribution in [2.75, 3.05) is 13.2 Å². The molecule has 2 atom stereocenters. The first kappa shape index (κ1) is 71.9. The summed E-state index contributed by atoms with van der Waals surface area (Å²) in [4.78, 5) is 24.6. The molecule has 0 aliphatic rings. The molecule has 0 saturated carbocycles. The van der Waals surface area contributed by atoms with Crippen molar-refractivity contribution >= 4 is 11.9 Å². The molecule has 1 amide bonds. The van der Waals surface area contributed by atoms with E-state index in [0.717, 1.165) is 38.5 Å². The molecule has 6 heteroatoms. The number of aliphatic hydroxyl groups excluding tert-OH is 2. The third-order valence-corrected chi connectivity index (χ3v) is 16.2. The van der Waals surface area contributed by atoms with Crippen molar-refractivity contribution in [2.45, 2.75) is 405 Å². The van der Waals surface area contributed by atoms with Crippen LogP contribution in [0.15, 0.2) is 0 Å². The lowest BCUT2D eigenvalue weighted by Crippen LogP contribution is -2.45. The fraction of sp³-hybridized carbons (Fsp3) is 0.970. The maximum atomic E-state index is 12.5. The van der Waals surface area contributed by atoms with Crippen LogP contribution < -0.4 is 5.32 Å². The maximum absolute atomic E-state index is 12.5. The summed E-state index contributed by atoms with van der Waals surface area (Å²) in [6.07, 6.45) is 75.6. The summed E-state index contributed by atoms with van der Waals surface area (Å²) < 4.78 is 5.50. The van der Waals surface area contributed by atoms with Gasteiger partial charge in [-0.1, -0.05) is 354 Å². The lowest BCUT2D eigenvalue weighted by Gasteiger charge is -2.22. The molecule has 0 fully saturated rings. The summed E-state index contributed by atoms with van der Waals surface area (Å²) in [7, 11) is 0. The highest BCUT2D eigenvalue weighted by Gasteiger charge is 2.20. The average molecular weight is 1030 g/mol. The fourth-order valence-electron chi connectivity index (χ4n) is 11.0. The van der Waals surface area contributed by atoms with Gasteiger partial charge >= 0.3 is 5.97 Å². The molecule has 0 bridgehead atoms. The predicted molar refractivity (Wildman–Crippen MR) is 320 cm³/mol. The molecule has 2 unspecified atom stereocenters. The molecule has 6 nitrogen and oxygen atoms in total. The third-order valence-electron chi connectivity index (χ3n) is 16.2. The van der Waals surface area contributed by atoms with Gasteiger partial charge in [0.05, 0.1) is 25.4 Å². The standard InChI is InChI=1S/C67H133NO5/c1-3-5-7-9-11-13-15-17-19-21-28-31-35-39-43-47-51-55-59-65(70)64(63-69)68-66(71)60-56-52-48-44-40-36-32-29-25-23-22-24-26-30-34-38-42-46-50-54-58-62-73-67(72)61-57-53-49-45-41-37-33-27-20-18-16-14-12-10-8-6-4-2/h64-65,69-70H,3-63H2,1-2H3,(H,68,71). The van der Waals surface area contributed by atoms with Gasteiger partial charge in [0, 0.05) is 12.8 Å². The average Bonchev–Trinajstić information content (AvgIpc) is 3.39. The smallest absolute Gasteiger partial charge is 0.305 e. The summed E-state index contributed by atoms with van der Waals surface area (Å²) in [5.41, 5.74) is 0. The number of esters is 1. The van der Waals surface area contributed by atoms with Gasteiger partial charge in [-0.3, -0.25) is 9.59 Å². The molecule has 436 valence electrons. The van der Waals surface area contributed by atoms with Crippen molar-refractivity contribution in [1.29, 1.82) is 0 Å². The number of nitrogens with one attached hydrogen (secondary N) is 1. The van der Waals surface area contributed by atoms with E-state index in [-0.39, 0.29) is 18.5 Å². The van der Waals surface area contributed by atoms with Gasteiger partial charge in [0.15, 0.2) is 0 Å². The number of hydrogen-bond acceptors (Lipinski definition) is 5. The van der Waals surface area contributed by atoms with Gasteiger partial charge in [0.2, 0.25) is 5.91 Å². The molecule has 0 aliphatic heterocycles. The Bertz CT molecular complexity index is 1050. The van der Waals surface area contributed by atoms with Crippen LogP contribution in [0.3, 0.4) is 0 Å². The molecule has 0 aromatic rings. The first-order chi connectivity index (χ1) is 36.0. The van der Waals surface area contributed by atoms with Crippen molar-refractivity contribution in [1.82, 2.24) is 5.32 Å². The topological polar surface area (TPSA) is 95.9 Å². The highest BCUT2D eigenvalue weighted by Crippen LogP contribution is 2.19. The summed E-state index contributed by atoms with van der Waals surface area (Å²) in [6.45, 7) is 5.00. The van der Waals surface area contributed by atoms with Crippen LogP contribution in [-0.2, 0) is 14.3 Å². The van der Waals surface area contributed by atoms with E-state index in [1.54, 1.807) is 0 Å². The van der Waals surface area contributed by atoms with Crippen molar-refractivity contribution in [3.05, 3.63) is 0 Å². The largest absolute Gasteiger partial charge is 0.466 e. The van der Waals surface area contributed by atoms with Gasteiger partial charge in [-0.15, -0.1) is 0 Å². The van der Waals surface area contributed by atoms with Gasteiger partial charge in [-0.2, -0.15) is 0 Å². The Kier molecular flexibility index (Phi) is 62.4. The lowest BCUT2D eigenvalue weighted by molar-refractivity contribution is -0.143.